The van der Waals surface area contributed by atoms with Crippen LogP contribution in [0.15, 0.2) is 10.6 Å². The molecule has 1 aromatic heterocycles. The fraction of sp³-hybridized carbons (Fsp3) is 0.600. The number of rotatable bonds is 2. The summed E-state index contributed by atoms with van der Waals surface area (Å²) in [5.41, 5.74) is 0.388. The van der Waals surface area contributed by atoms with Gasteiger partial charge < -0.3 is 4.52 Å². The van der Waals surface area contributed by atoms with Crippen LogP contribution in [0.2, 0.25) is 0 Å². The van der Waals surface area contributed by atoms with Crippen molar-refractivity contribution in [1.82, 2.24) is 10.1 Å². The number of carbonyl (C=O) groups is 1. The van der Waals surface area contributed by atoms with Crippen LogP contribution in [0, 0.1) is 0 Å². The Morgan fingerprint density at radius 1 is 1.64 bits per heavy atom. The molecule has 76 valence electrons. The van der Waals surface area contributed by atoms with Gasteiger partial charge in [0, 0.05) is 6.07 Å². The van der Waals surface area contributed by atoms with Crippen molar-refractivity contribution in [3.8, 4) is 0 Å². The third kappa shape index (κ3) is 1.70. The van der Waals surface area contributed by atoms with Crippen molar-refractivity contribution in [3.05, 3.63) is 17.5 Å². The van der Waals surface area contributed by atoms with Crippen molar-refractivity contribution >= 4 is 6.29 Å². The maximum Gasteiger partial charge on any atom is 0.171 e. The summed E-state index contributed by atoms with van der Waals surface area (Å²) in [6.45, 7) is 1.09. The minimum Gasteiger partial charge on any atom is -0.359 e. The predicted octanol–water partition coefficient (Wildman–Crippen LogP) is 1.64. The molecule has 2 heterocycles. The topological polar surface area (TPSA) is 46.3 Å². The van der Waals surface area contributed by atoms with E-state index in [9.17, 15) is 4.79 Å². The minimum atomic E-state index is 0.296. The lowest BCUT2D eigenvalue weighted by atomic mass is 10.0. The Kier molecular flexibility index (Phi) is 2.63. The van der Waals surface area contributed by atoms with Crippen LogP contribution < -0.4 is 0 Å². The van der Waals surface area contributed by atoms with Gasteiger partial charge in [-0.1, -0.05) is 11.6 Å². The fourth-order valence-corrected chi connectivity index (χ4v) is 1.95. The SMILES string of the molecule is CN1CCCCC1c1cc(C=O)no1. The van der Waals surface area contributed by atoms with E-state index in [1.165, 1.54) is 12.8 Å². The molecule has 0 spiro atoms. The standard InChI is InChI=1S/C10H14N2O2/c1-12-5-3-2-4-9(12)10-6-8(7-13)11-14-10/h6-7,9H,2-5H2,1H3. The lowest BCUT2D eigenvalue weighted by Gasteiger charge is -2.30. The summed E-state index contributed by atoms with van der Waals surface area (Å²) < 4.78 is 5.14. The second-order valence-electron chi connectivity index (χ2n) is 3.76. The summed E-state index contributed by atoms with van der Waals surface area (Å²) in [6.07, 6.45) is 4.26. The summed E-state index contributed by atoms with van der Waals surface area (Å²) in [5.74, 6) is 0.814. The smallest absolute Gasteiger partial charge is 0.171 e. The average molecular weight is 194 g/mol. The van der Waals surface area contributed by atoms with E-state index in [-0.39, 0.29) is 0 Å². The first-order chi connectivity index (χ1) is 6.81. The lowest BCUT2D eigenvalue weighted by molar-refractivity contribution is 0.111. The highest BCUT2D eigenvalue weighted by Gasteiger charge is 2.24. The Balaban J connectivity index is 2.16. The summed E-state index contributed by atoms with van der Waals surface area (Å²) in [7, 11) is 2.08. The van der Waals surface area contributed by atoms with E-state index in [4.69, 9.17) is 4.52 Å². The number of carbonyl (C=O) groups excluding carboxylic acids is 1. The second-order valence-corrected chi connectivity index (χ2v) is 3.76. The van der Waals surface area contributed by atoms with E-state index in [0.717, 1.165) is 25.0 Å². The van der Waals surface area contributed by atoms with Gasteiger partial charge in [-0.25, -0.2) is 0 Å². The number of hydrogen-bond acceptors (Lipinski definition) is 4. The molecular weight excluding hydrogens is 180 g/mol. The number of nitrogens with zero attached hydrogens (tertiary/aromatic N) is 2. The number of piperidine rings is 1. The Morgan fingerprint density at radius 3 is 3.14 bits per heavy atom. The first kappa shape index (κ1) is 9.40. The molecule has 1 aromatic rings. The third-order valence-electron chi connectivity index (χ3n) is 2.77. The molecule has 1 aliphatic heterocycles. The summed E-state index contributed by atoms with van der Waals surface area (Å²) >= 11 is 0. The largest absolute Gasteiger partial charge is 0.359 e. The van der Waals surface area contributed by atoms with Gasteiger partial charge >= 0.3 is 0 Å². The zero-order valence-corrected chi connectivity index (χ0v) is 8.27. The molecule has 0 bridgehead atoms. The molecule has 1 aliphatic rings. The molecule has 0 N–H and O–H groups in total. The zero-order valence-electron chi connectivity index (χ0n) is 8.27. The van der Waals surface area contributed by atoms with Gasteiger partial charge in [0.2, 0.25) is 0 Å². The van der Waals surface area contributed by atoms with Crippen LogP contribution in [-0.4, -0.2) is 29.9 Å². The molecule has 1 fully saturated rings. The van der Waals surface area contributed by atoms with Crippen LogP contribution in [0.25, 0.3) is 0 Å². The fourth-order valence-electron chi connectivity index (χ4n) is 1.95. The van der Waals surface area contributed by atoms with E-state index in [1.807, 2.05) is 0 Å². The van der Waals surface area contributed by atoms with Crippen molar-refractivity contribution in [2.75, 3.05) is 13.6 Å². The molecule has 0 aliphatic carbocycles. The van der Waals surface area contributed by atoms with Gasteiger partial charge in [0.05, 0.1) is 6.04 Å². The second kappa shape index (κ2) is 3.92. The number of aromatic nitrogens is 1. The predicted molar refractivity (Wildman–Crippen MR) is 51.1 cm³/mol. The molecule has 0 aromatic carbocycles. The number of aldehydes is 1. The van der Waals surface area contributed by atoms with Crippen LogP contribution >= 0.6 is 0 Å². The van der Waals surface area contributed by atoms with Crippen molar-refractivity contribution in [1.29, 1.82) is 0 Å². The van der Waals surface area contributed by atoms with Crippen LogP contribution in [0.3, 0.4) is 0 Å². The molecular formula is C10H14N2O2. The molecule has 14 heavy (non-hydrogen) atoms. The van der Waals surface area contributed by atoms with Crippen molar-refractivity contribution in [3.63, 3.8) is 0 Å². The highest BCUT2D eigenvalue weighted by atomic mass is 16.5. The van der Waals surface area contributed by atoms with E-state index >= 15 is 0 Å². The Bertz CT molecular complexity index is 322. The molecule has 0 amide bonds. The van der Waals surface area contributed by atoms with Gasteiger partial charge in [-0.05, 0) is 26.4 Å². The summed E-state index contributed by atoms with van der Waals surface area (Å²) in [5, 5.41) is 3.67. The quantitative estimate of drug-likeness (QED) is 0.671. The van der Waals surface area contributed by atoms with E-state index in [0.29, 0.717) is 11.7 Å². The lowest BCUT2D eigenvalue weighted by Crippen LogP contribution is -2.29. The van der Waals surface area contributed by atoms with Crippen molar-refractivity contribution in [2.24, 2.45) is 0 Å². The molecule has 0 radical (unpaired) electrons. The van der Waals surface area contributed by atoms with Crippen LogP contribution in [0.1, 0.15) is 41.6 Å². The molecule has 4 nitrogen and oxygen atoms in total. The van der Waals surface area contributed by atoms with Crippen LogP contribution in [0.5, 0.6) is 0 Å². The molecule has 4 heteroatoms. The zero-order chi connectivity index (χ0) is 9.97. The molecule has 2 rings (SSSR count). The van der Waals surface area contributed by atoms with Crippen molar-refractivity contribution < 1.29 is 9.32 Å². The highest BCUT2D eigenvalue weighted by Crippen LogP contribution is 2.29. The Labute approximate surface area is 82.9 Å². The highest BCUT2D eigenvalue weighted by molar-refractivity contribution is 5.71. The van der Waals surface area contributed by atoms with Crippen molar-refractivity contribution in [2.45, 2.75) is 25.3 Å². The van der Waals surface area contributed by atoms with Gasteiger partial charge in [-0.3, -0.25) is 9.69 Å². The van der Waals surface area contributed by atoms with E-state index in [2.05, 4.69) is 17.1 Å². The maximum absolute atomic E-state index is 10.4. The molecule has 0 saturated carbocycles. The van der Waals surface area contributed by atoms with E-state index in [1.54, 1.807) is 6.07 Å². The Morgan fingerprint density at radius 2 is 2.50 bits per heavy atom. The Hall–Kier alpha value is -1.16. The number of hydrogen-bond donors (Lipinski definition) is 0. The molecule has 1 atom stereocenters. The summed E-state index contributed by atoms with van der Waals surface area (Å²) in [4.78, 5) is 12.7. The average Bonchev–Trinajstić information content (AvgIpc) is 2.67. The van der Waals surface area contributed by atoms with Crippen LogP contribution in [-0.2, 0) is 0 Å². The minimum absolute atomic E-state index is 0.296. The molecule has 1 saturated heterocycles. The van der Waals surface area contributed by atoms with Gasteiger partial charge in [0.25, 0.3) is 0 Å². The van der Waals surface area contributed by atoms with Gasteiger partial charge in [-0.15, -0.1) is 0 Å². The van der Waals surface area contributed by atoms with Crippen LogP contribution in [0.4, 0.5) is 0 Å². The third-order valence-corrected chi connectivity index (χ3v) is 2.77. The first-order valence-electron chi connectivity index (χ1n) is 4.93. The van der Waals surface area contributed by atoms with Gasteiger partial charge in [0.1, 0.15) is 5.69 Å². The van der Waals surface area contributed by atoms with Gasteiger partial charge in [0.15, 0.2) is 12.0 Å². The maximum atomic E-state index is 10.4. The normalized spacial score (nSPS) is 23.6. The number of likely N-dealkylation sites (tertiary alicyclic amines) is 1. The van der Waals surface area contributed by atoms with E-state index < -0.39 is 0 Å². The summed E-state index contributed by atoms with van der Waals surface area (Å²) in [6, 6.07) is 2.03. The monoisotopic (exact) mass is 194 g/mol. The first-order valence-corrected chi connectivity index (χ1v) is 4.93. The molecule has 1 unspecified atom stereocenters. The van der Waals surface area contributed by atoms with Gasteiger partial charge in [-0.2, -0.15) is 0 Å².